The molecule has 0 aromatic heterocycles. The molecule has 0 aliphatic carbocycles. The van der Waals surface area contributed by atoms with E-state index in [-0.39, 0.29) is 0 Å². The standard InChI is InChI=1S/C16H24ClNO3/c1-4-7-21-15-6-5-12(9-13(15)17)10-18-14(16(19)20)8-11(2)3/h5-6,9,11,14,18H,4,7-8,10H2,1-3H3,(H,19,20). The van der Waals surface area contributed by atoms with Crippen molar-refractivity contribution >= 4 is 17.6 Å². The van der Waals surface area contributed by atoms with Crippen LogP contribution in [0.15, 0.2) is 18.2 Å². The van der Waals surface area contributed by atoms with E-state index in [2.05, 4.69) is 5.32 Å². The first kappa shape index (κ1) is 17.8. The van der Waals surface area contributed by atoms with E-state index >= 15 is 0 Å². The third kappa shape index (κ3) is 6.36. The Hall–Kier alpha value is -1.26. The lowest BCUT2D eigenvalue weighted by Gasteiger charge is -2.17. The fraction of sp³-hybridized carbons (Fsp3) is 0.562. The molecule has 118 valence electrons. The second-order valence-electron chi connectivity index (χ2n) is 5.51. The first-order valence-corrected chi connectivity index (χ1v) is 7.69. The molecule has 1 aromatic carbocycles. The Morgan fingerprint density at radius 3 is 2.67 bits per heavy atom. The Morgan fingerprint density at radius 1 is 1.43 bits per heavy atom. The van der Waals surface area contributed by atoms with Crippen LogP contribution >= 0.6 is 11.6 Å². The van der Waals surface area contributed by atoms with Crippen molar-refractivity contribution in [3.63, 3.8) is 0 Å². The largest absolute Gasteiger partial charge is 0.492 e. The van der Waals surface area contributed by atoms with Gasteiger partial charge in [0.05, 0.1) is 11.6 Å². The van der Waals surface area contributed by atoms with Crippen LogP contribution in [0.5, 0.6) is 5.75 Å². The highest BCUT2D eigenvalue weighted by Gasteiger charge is 2.18. The van der Waals surface area contributed by atoms with Crippen LogP contribution in [0.1, 0.15) is 39.2 Å². The average Bonchev–Trinajstić information content (AvgIpc) is 2.41. The molecule has 0 bridgehead atoms. The van der Waals surface area contributed by atoms with Gasteiger partial charge in [0.15, 0.2) is 0 Å². The fourth-order valence-electron chi connectivity index (χ4n) is 1.97. The summed E-state index contributed by atoms with van der Waals surface area (Å²) in [5.41, 5.74) is 0.943. The molecular formula is C16H24ClNO3. The van der Waals surface area contributed by atoms with Crippen molar-refractivity contribution in [3.05, 3.63) is 28.8 Å². The van der Waals surface area contributed by atoms with Gasteiger partial charge in [-0.2, -0.15) is 0 Å². The molecule has 0 radical (unpaired) electrons. The van der Waals surface area contributed by atoms with Crippen LogP contribution in [0.3, 0.4) is 0 Å². The molecular weight excluding hydrogens is 290 g/mol. The van der Waals surface area contributed by atoms with E-state index in [0.29, 0.717) is 36.3 Å². The second kappa shape index (κ2) is 8.90. The number of halogens is 1. The molecule has 1 aromatic rings. The number of ether oxygens (including phenoxy) is 1. The van der Waals surface area contributed by atoms with E-state index < -0.39 is 12.0 Å². The number of hydrogen-bond acceptors (Lipinski definition) is 3. The minimum Gasteiger partial charge on any atom is -0.492 e. The highest BCUT2D eigenvalue weighted by Crippen LogP contribution is 2.25. The zero-order valence-corrected chi connectivity index (χ0v) is 13.6. The predicted octanol–water partition coefficient (Wildman–Crippen LogP) is 3.72. The molecule has 0 fully saturated rings. The van der Waals surface area contributed by atoms with E-state index in [0.717, 1.165) is 12.0 Å². The van der Waals surface area contributed by atoms with E-state index in [4.69, 9.17) is 16.3 Å². The number of nitrogens with one attached hydrogen (secondary N) is 1. The highest BCUT2D eigenvalue weighted by molar-refractivity contribution is 6.32. The van der Waals surface area contributed by atoms with E-state index in [9.17, 15) is 9.90 Å². The van der Waals surface area contributed by atoms with Crippen LogP contribution in [-0.4, -0.2) is 23.7 Å². The number of rotatable bonds is 9. The van der Waals surface area contributed by atoms with Crippen LogP contribution in [0, 0.1) is 5.92 Å². The van der Waals surface area contributed by atoms with Crippen molar-refractivity contribution in [3.8, 4) is 5.75 Å². The highest BCUT2D eigenvalue weighted by atomic mass is 35.5. The quantitative estimate of drug-likeness (QED) is 0.729. The maximum Gasteiger partial charge on any atom is 0.320 e. The average molecular weight is 314 g/mol. The number of carbonyl (C=O) groups is 1. The number of benzene rings is 1. The van der Waals surface area contributed by atoms with Crippen LogP contribution in [-0.2, 0) is 11.3 Å². The zero-order chi connectivity index (χ0) is 15.8. The first-order chi connectivity index (χ1) is 9.93. The van der Waals surface area contributed by atoms with E-state index in [1.54, 1.807) is 0 Å². The lowest BCUT2D eigenvalue weighted by Crippen LogP contribution is -2.37. The molecule has 1 unspecified atom stereocenters. The van der Waals surface area contributed by atoms with Gasteiger partial charge in [-0.05, 0) is 36.5 Å². The molecule has 0 heterocycles. The van der Waals surface area contributed by atoms with Crippen molar-refractivity contribution in [2.75, 3.05) is 6.61 Å². The van der Waals surface area contributed by atoms with Crippen LogP contribution < -0.4 is 10.1 Å². The monoisotopic (exact) mass is 313 g/mol. The summed E-state index contributed by atoms with van der Waals surface area (Å²) in [5.74, 6) is 0.170. The minimum atomic E-state index is -0.822. The lowest BCUT2D eigenvalue weighted by atomic mass is 10.0. The van der Waals surface area contributed by atoms with Crippen LogP contribution in [0.4, 0.5) is 0 Å². The van der Waals surface area contributed by atoms with Crippen LogP contribution in [0.2, 0.25) is 5.02 Å². The molecule has 4 nitrogen and oxygen atoms in total. The SMILES string of the molecule is CCCOc1ccc(CNC(CC(C)C)C(=O)O)cc1Cl. The topological polar surface area (TPSA) is 58.6 Å². The van der Waals surface area contributed by atoms with Crippen LogP contribution in [0.25, 0.3) is 0 Å². The van der Waals surface area contributed by atoms with E-state index in [1.165, 1.54) is 0 Å². The number of carboxylic acids is 1. The maximum absolute atomic E-state index is 11.2. The van der Waals surface area contributed by atoms with Gasteiger partial charge in [-0.15, -0.1) is 0 Å². The minimum absolute atomic E-state index is 0.326. The van der Waals surface area contributed by atoms with Crippen molar-refractivity contribution in [1.29, 1.82) is 0 Å². The maximum atomic E-state index is 11.2. The van der Waals surface area contributed by atoms with Crippen molar-refractivity contribution < 1.29 is 14.6 Å². The predicted molar refractivity (Wildman–Crippen MR) is 85.0 cm³/mol. The van der Waals surface area contributed by atoms with E-state index in [1.807, 2.05) is 39.0 Å². The normalized spacial score (nSPS) is 12.4. The van der Waals surface area contributed by atoms with Gasteiger partial charge >= 0.3 is 5.97 Å². The Morgan fingerprint density at radius 2 is 2.14 bits per heavy atom. The summed E-state index contributed by atoms with van der Waals surface area (Å²) in [7, 11) is 0. The fourth-order valence-corrected chi connectivity index (χ4v) is 2.22. The number of hydrogen-bond donors (Lipinski definition) is 2. The molecule has 0 amide bonds. The Balaban J connectivity index is 2.62. The van der Waals surface area contributed by atoms with Crippen molar-refractivity contribution in [1.82, 2.24) is 5.32 Å². The van der Waals surface area contributed by atoms with Gasteiger partial charge in [0.25, 0.3) is 0 Å². The van der Waals surface area contributed by atoms with Gasteiger partial charge < -0.3 is 15.2 Å². The summed E-state index contributed by atoms with van der Waals surface area (Å²) < 4.78 is 5.51. The van der Waals surface area contributed by atoms with Gasteiger partial charge in [0, 0.05) is 6.54 Å². The third-order valence-electron chi connectivity index (χ3n) is 3.02. The Labute approximate surface area is 131 Å². The third-order valence-corrected chi connectivity index (χ3v) is 3.31. The van der Waals surface area contributed by atoms with Gasteiger partial charge in [0.2, 0.25) is 0 Å². The summed E-state index contributed by atoms with van der Waals surface area (Å²) in [6, 6.07) is 5.00. The lowest BCUT2D eigenvalue weighted by molar-refractivity contribution is -0.140. The molecule has 0 spiro atoms. The molecule has 1 rings (SSSR count). The molecule has 21 heavy (non-hydrogen) atoms. The van der Waals surface area contributed by atoms with Gasteiger partial charge in [0.1, 0.15) is 11.8 Å². The molecule has 1 atom stereocenters. The summed E-state index contributed by atoms with van der Waals surface area (Å²) in [4.78, 5) is 11.2. The summed E-state index contributed by atoms with van der Waals surface area (Å²) in [5, 5.41) is 12.8. The Kier molecular flexibility index (Phi) is 7.54. The summed E-state index contributed by atoms with van der Waals surface area (Å²) in [6.45, 7) is 7.15. The van der Waals surface area contributed by atoms with Gasteiger partial charge in [-0.1, -0.05) is 38.4 Å². The number of carboxylic acid groups (broad SMARTS) is 1. The Bertz CT molecular complexity index is 463. The summed E-state index contributed by atoms with van der Waals surface area (Å²) >= 11 is 6.16. The molecule has 0 saturated carbocycles. The van der Waals surface area contributed by atoms with Crippen molar-refractivity contribution in [2.45, 2.75) is 46.2 Å². The molecule has 0 aliphatic heterocycles. The number of aliphatic carboxylic acids is 1. The molecule has 2 N–H and O–H groups in total. The van der Waals surface area contributed by atoms with Gasteiger partial charge in [-0.25, -0.2) is 0 Å². The first-order valence-electron chi connectivity index (χ1n) is 7.31. The van der Waals surface area contributed by atoms with Gasteiger partial charge in [-0.3, -0.25) is 4.79 Å². The molecule has 0 saturated heterocycles. The summed E-state index contributed by atoms with van der Waals surface area (Å²) in [6.07, 6.45) is 1.52. The smallest absolute Gasteiger partial charge is 0.320 e. The molecule has 0 aliphatic rings. The van der Waals surface area contributed by atoms with Crippen molar-refractivity contribution in [2.24, 2.45) is 5.92 Å². The zero-order valence-electron chi connectivity index (χ0n) is 12.9. The molecule has 5 heteroatoms. The second-order valence-corrected chi connectivity index (χ2v) is 5.92.